The molecule has 0 radical (unpaired) electrons. The van der Waals surface area contributed by atoms with Crippen molar-refractivity contribution in [3.05, 3.63) is 83.0 Å². The Kier molecular flexibility index (Phi) is 4.09. The molecule has 2 heterocycles. The Balaban J connectivity index is 1.88. The first kappa shape index (κ1) is 16.2. The van der Waals surface area contributed by atoms with Crippen LogP contribution >= 0.6 is 0 Å². The molecule has 0 saturated heterocycles. The van der Waals surface area contributed by atoms with Crippen LogP contribution in [0, 0.1) is 6.92 Å². The van der Waals surface area contributed by atoms with E-state index in [-0.39, 0.29) is 5.56 Å². The van der Waals surface area contributed by atoms with Gasteiger partial charge < -0.3 is 0 Å². The van der Waals surface area contributed by atoms with Gasteiger partial charge in [-0.15, -0.1) is 0 Å². The van der Waals surface area contributed by atoms with E-state index in [2.05, 4.69) is 34.2 Å². The summed E-state index contributed by atoms with van der Waals surface area (Å²) in [6, 6.07) is 20.2. The van der Waals surface area contributed by atoms with Crippen LogP contribution in [0.2, 0.25) is 0 Å². The van der Waals surface area contributed by atoms with Crippen LogP contribution in [0.1, 0.15) is 12.6 Å². The molecule has 4 nitrogen and oxygen atoms in total. The molecule has 0 aliphatic rings. The third kappa shape index (κ3) is 2.69. The Morgan fingerprint density at radius 3 is 2.23 bits per heavy atom. The molecule has 2 aromatic carbocycles. The molecule has 0 saturated carbocycles. The van der Waals surface area contributed by atoms with Crippen molar-refractivity contribution >= 4 is 11.0 Å². The second-order valence-corrected chi connectivity index (χ2v) is 6.25. The summed E-state index contributed by atoms with van der Waals surface area (Å²) in [5.41, 5.74) is 5.41. The Labute approximate surface area is 151 Å². The van der Waals surface area contributed by atoms with Crippen LogP contribution < -0.4 is 5.56 Å². The average Bonchev–Trinajstić information content (AvgIpc) is 2.69. The molecule has 0 bridgehead atoms. The predicted molar refractivity (Wildman–Crippen MR) is 105 cm³/mol. The molecule has 0 unspecified atom stereocenters. The van der Waals surface area contributed by atoms with Crippen LogP contribution in [0.4, 0.5) is 0 Å². The molecule has 0 spiro atoms. The Bertz CT molecular complexity index is 1130. The van der Waals surface area contributed by atoms with Crippen LogP contribution in [-0.2, 0) is 6.54 Å². The molecule has 0 fully saturated rings. The molecule has 4 rings (SSSR count). The topological polar surface area (TPSA) is 47.8 Å². The zero-order chi connectivity index (χ0) is 18.1. The summed E-state index contributed by atoms with van der Waals surface area (Å²) in [6.45, 7) is 4.47. The lowest BCUT2D eigenvalue weighted by atomic mass is 10.0. The summed E-state index contributed by atoms with van der Waals surface area (Å²) in [4.78, 5) is 21.6. The van der Waals surface area contributed by atoms with Gasteiger partial charge in [0.25, 0.3) is 5.56 Å². The number of nitrogens with zero attached hydrogens (tertiary/aromatic N) is 3. The highest BCUT2D eigenvalue weighted by Gasteiger charge is 2.13. The van der Waals surface area contributed by atoms with E-state index >= 15 is 0 Å². The van der Waals surface area contributed by atoms with Crippen molar-refractivity contribution in [1.29, 1.82) is 0 Å². The highest BCUT2D eigenvalue weighted by atomic mass is 16.1. The third-order valence-corrected chi connectivity index (χ3v) is 4.70. The number of pyridine rings is 1. The highest BCUT2D eigenvalue weighted by Crippen LogP contribution is 2.25. The molecule has 0 amide bonds. The fraction of sp³-hybridized carbons (Fsp3) is 0.136. The van der Waals surface area contributed by atoms with Gasteiger partial charge in [0.05, 0.1) is 5.69 Å². The SMILES string of the molecule is CCn1c(=O)c(-c2ccc(-c3ccccc3)cc2)cc2c(C)ncnc21. The number of rotatable bonds is 3. The monoisotopic (exact) mass is 341 g/mol. The van der Waals surface area contributed by atoms with E-state index in [9.17, 15) is 4.79 Å². The van der Waals surface area contributed by atoms with Crippen LogP contribution in [0.15, 0.2) is 71.8 Å². The van der Waals surface area contributed by atoms with Gasteiger partial charge in [0.2, 0.25) is 0 Å². The normalized spacial score (nSPS) is 11.0. The maximum atomic E-state index is 13.0. The number of aromatic nitrogens is 3. The Morgan fingerprint density at radius 2 is 1.54 bits per heavy atom. The standard InChI is InChI=1S/C22H19N3O/c1-3-25-21-19(15(2)23-14-24-21)13-20(22(25)26)18-11-9-17(10-12-18)16-7-5-4-6-8-16/h4-14H,3H2,1-2H3. The van der Waals surface area contributed by atoms with Crippen molar-refractivity contribution < 1.29 is 0 Å². The first-order valence-electron chi connectivity index (χ1n) is 8.70. The molecule has 0 atom stereocenters. The van der Waals surface area contributed by atoms with Gasteiger partial charge in [-0.25, -0.2) is 9.97 Å². The number of fused-ring (bicyclic) bond motifs is 1. The second kappa shape index (κ2) is 6.56. The lowest BCUT2D eigenvalue weighted by Gasteiger charge is -2.12. The minimum absolute atomic E-state index is 0.0226. The summed E-state index contributed by atoms with van der Waals surface area (Å²) >= 11 is 0. The average molecular weight is 341 g/mol. The van der Waals surface area contributed by atoms with Crippen molar-refractivity contribution in [3.8, 4) is 22.3 Å². The van der Waals surface area contributed by atoms with E-state index in [1.165, 1.54) is 6.33 Å². The first-order chi connectivity index (χ1) is 12.7. The molecule has 128 valence electrons. The van der Waals surface area contributed by atoms with Crippen LogP contribution in [-0.4, -0.2) is 14.5 Å². The third-order valence-electron chi connectivity index (χ3n) is 4.70. The molecule has 0 aliphatic heterocycles. The van der Waals surface area contributed by atoms with Crippen LogP contribution in [0.25, 0.3) is 33.3 Å². The van der Waals surface area contributed by atoms with Gasteiger partial charge in [-0.1, -0.05) is 54.6 Å². The zero-order valence-corrected chi connectivity index (χ0v) is 14.8. The highest BCUT2D eigenvalue weighted by molar-refractivity contribution is 5.83. The van der Waals surface area contributed by atoms with Crippen LogP contribution in [0.5, 0.6) is 0 Å². The number of hydrogen-bond acceptors (Lipinski definition) is 3. The molecule has 0 N–H and O–H groups in total. The molecular weight excluding hydrogens is 322 g/mol. The first-order valence-corrected chi connectivity index (χ1v) is 8.70. The Morgan fingerprint density at radius 1 is 0.885 bits per heavy atom. The molecule has 0 aliphatic carbocycles. The number of hydrogen-bond donors (Lipinski definition) is 0. The summed E-state index contributed by atoms with van der Waals surface area (Å²) in [7, 11) is 0. The fourth-order valence-corrected chi connectivity index (χ4v) is 3.28. The van der Waals surface area contributed by atoms with Gasteiger partial charge in [-0.2, -0.15) is 0 Å². The molecule has 2 aromatic heterocycles. The van der Waals surface area contributed by atoms with E-state index in [0.717, 1.165) is 27.8 Å². The van der Waals surface area contributed by atoms with Gasteiger partial charge in [0, 0.05) is 17.5 Å². The summed E-state index contributed by atoms with van der Waals surface area (Å²) in [5.74, 6) is 0. The lowest BCUT2D eigenvalue weighted by Crippen LogP contribution is -2.22. The lowest BCUT2D eigenvalue weighted by molar-refractivity contribution is 0.749. The fourth-order valence-electron chi connectivity index (χ4n) is 3.28. The van der Waals surface area contributed by atoms with Crippen molar-refractivity contribution in [2.75, 3.05) is 0 Å². The van der Waals surface area contributed by atoms with Crippen molar-refractivity contribution in [1.82, 2.24) is 14.5 Å². The summed E-state index contributed by atoms with van der Waals surface area (Å²) in [6.07, 6.45) is 1.51. The van der Waals surface area contributed by atoms with Crippen molar-refractivity contribution in [2.45, 2.75) is 20.4 Å². The van der Waals surface area contributed by atoms with Crippen LogP contribution in [0.3, 0.4) is 0 Å². The predicted octanol–water partition coefficient (Wildman–Crippen LogP) is 4.45. The van der Waals surface area contributed by atoms with E-state index in [1.807, 2.05) is 50.2 Å². The quantitative estimate of drug-likeness (QED) is 0.553. The Hall–Kier alpha value is -3.27. The maximum absolute atomic E-state index is 13.0. The molecular formula is C22H19N3O. The zero-order valence-electron chi connectivity index (χ0n) is 14.8. The minimum Gasteiger partial charge on any atom is -0.292 e. The van der Waals surface area contributed by atoms with Gasteiger partial charge in [0.1, 0.15) is 12.0 Å². The number of benzene rings is 2. The van der Waals surface area contributed by atoms with Gasteiger partial charge in [-0.05, 0) is 36.6 Å². The van der Waals surface area contributed by atoms with Crippen molar-refractivity contribution in [3.63, 3.8) is 0 Å². The summed E-state index contributed by atoms with van der Waals surface area (Å²) < 4.78 is 1.71. The number of aryl methyl sites for hydroxylation is 2. The maximum Gasteiger partial charge on any atom is 0.260 e. The van der Waals surface area contributed by atoms with E-state index < -0.39 is 0 Å². The molecule has 4 heteroatoms. The molecule has 4 aromatic rings. The summed E-state index contributed by atoms with van der Waals surface area (Å²) in [5, 5.41) is 0.913. The van der Waals surface area contributed by atoms with E-state index in [0.29, 0.717) is 17.8 Å². The minimum atomic E-state index is -0.0226. The van der Waals surface area contributed by atoms with E-state index in [4.69, 9.17) is 0 Å². The van der Waals surface area contributed by atoms with Gasteiger partial charge in [0.15, 0.2) is 0 Å². The van der Waals surface area contributed by atoms with E-state index in [1.54, 1.807) is 4.57 Å². The van der Waals surface area contributed by atoms with Gasteiger partial charge >= 0.3 is 0 Å². The second-order valence-electron chi connectivity index (χ2n) is 6.25. The smallest absolute Gasteiger partial charge is 0.260 e. The van der Waals surface area contributed by atoms with Crippen molar-refractivity contribution in [2.24, 2.45) is 0 Å². The molecule has 26 heavy (non-hydrogen) atoms. The largest absolute Gasteiger partial charge is 0.292 e. The van der Waals surface area contributed by atoms with Gasteiger partial charge in [-0.3, -0.25) is 9.36 Å².